The summed E-state index contributed by atoms with van der Waals surface area (Å²) in [6, 6.07) is 5.24. The second-order valence-corrected chi connectivity index (χ2v) is 5.92. The third kappa shape index (κ3) is 5.51. The number of methoxy groups -OCH3 is 2. The van der Waals surface area contributed by atoms with Crippen molar-refractivity contribution in [2.45, 2.75) is 6.92 Å². The SMILES string of the molecule is COc1nc(N/N=C/c2ccc(OC(C)=O)c(OC)c2)nc(N2CCOCC2)n1. The lowest BCUT2D eigenvalue weighted by Crippen LogP contribution is -2.37. The van der Waals surface area contributed by atoms with Gasteiger partial charge in [0, 0.05) is 20.0 Å². The molecule has 2 heterocycles. The normalized spacial score (nSPS) is 14.0. The minimum absolute atomic E-state index is 0.187. The van der Waals surface area contributed by atoms with Crippen molar-refractivity contribution in [2.75, 3.05) is 50.8 Å². The molecular formula is C18H22N6O5. The molecule has 1 aromatic heterocycles. The monoisotopic (exact) mass is 402 g/mol. The summed E-state index contributed by atoms with van der Waals surface area (Å²) in [6.07, 6.45) is 1.56. The Hall–Kier alpha value is -3.47. The van der Waals surface area contributed by atoms with Crippen molar-refractivity contribution in [2.24, 2.45) is 5.10 Å². The largest absolute Gasteiger partial charge is 0.493 e. The van der Waals surface area contributed by atoms with Gasteiger partial charge >= 0.3 is 12.0 Å². The van der Waals surface area contributed by atoms with Gasteiger partial charge in [-0.2, -0.15) is 20.1 Å². The van der Waals surface area contributed by atoms with Crippen LogP contribution >= 0.6 is 0 Å². The average molecular weight is 402 g/mol. The summed E-state index contributed by atoms with van der Waals surface area (Å²) in [7, 11) is 2.98. The Labute approximate surface area is 167 Å². The van der Waals surface area contributed by atoms with E-state index in [1.54, 1.807) is 24.4 Å². The first-order valence-corrected chi connectivity index (χ1v) is 8.87. The fourth-order valence-corrected chi connectivity index (χ4v) is 2.56. The summed E-state index contributed by atoms with van der Waals surface area (Å²) in [5, 5.41) is 4.15. The summed E-state index contributed by atoms with van der Waals surface area (Å²) in [5.74, 6) is 1.07. The number of nitrogens with zero attached hydrogens (tertiary/aromatic N) is 5. The molecule has 1 aliphatic rings. The van der Waals surface area contributed by atoms with Gasteiger partial charge in [-0.3, -0.25) is 4.79 Å². The average Bonchev–Trinajstić information content (AvgIpc) is 2.74. The Morgan fingerprint density at radius 2 is 1.97 bits per heavy atom. The molecule has 154 valence electrons. The molecule has 1 aromatic carbocycles. The van der Waals surface area contributed by atoms with E-state index >= 15 is 0 Å². The van der Waals surface area contributed by atoms with Crippen molar-refractivity contribution in [1.82, 2.24) is 15.0 Å². The Kier molecular flexibility index (Phi) is 6.74. The Morgan fingerprint density at radius 1 is 1.17 bits per heavy atom. The molecule has 0 spiro atoms. The van der Waals surface area contributed by atoms with Crippen LogP contribution in [-0.4, -0.2) is 67.7 Å². The maximum absolute atomic E-state index is 11.1. The second-order valence-electron chi connectivity index (χ2n) is 5.92. The van der Waals surface area contributed by atoms with Gasteiger partial charge in [0.1, 0.15) is 0 Å². The lowest BCUT2D eigenvalue weighted by atomic mass is 10.2. The van der Waals surface area contributed by atoms with Gasteiger partial charge in [-0.1, -0.05) is 0 Å². The zero-order valence-electron chi connectivity index (χ0n) is 16.4. The van der Waals surface area contributed by atoms with Crippen molar-refractivity contribution in [1.29, 1.82) is 0 Å². The molecule has 0 bridgehead atoms. The van der Waals surface area contributed by atoms with E-state index in [-0.39, 0.29) is 12.0 Å². The number of carbonyl (C=O) groups is 1. The highest BCUT2D eigenvalue weighted by Gasteiger charge is 2.16. The Morgan fingerprint density at radius 3 is 2.66 bits per heavy atom. The van der Waals surface area contributed by atoms with Crippen LogP contribution in [0.3, 0.4) is 0 Å². The van der Waals surface area contributed by atoms with Crippen LogP contribution in [0.1, 0.15) is 12.5 Å². The van der Waals surface area contributed by atoms with Crippen LogP contribution in [-0.2, 0) is 9.53 Å². The number of hydrogen-bond acceptors (Lipinski definition) is 11. The van der Waals surface area contributed by atoms with E-state index in [2.05, 4.69) is 25.5 Å². The summed E-state index contributed by atoms with van der Waals surface area (Å²) in [4.78, 5) is 25.9. The predicted octanol–water partition coefficient (Wildman–Crippen LogP) is 1.10. The summed E-state index contributed by atoms with van der Waals surface area (Å²) in [5.41, 5.74) is 3.50. The van der Waals surface area contributed by atoms with Crippen LogP contribution in [0.5, 0.6) is 17.5 Å². The molecule has 11 nitrogen and oxygen atoms in total. The molecule has 1 fully saturated rings. The molecule has 2 aromatic rings. The fourth-order valence-electron chi connectivity index (χ4n) is 2.56. The highest BCUT2D eigenvalue weighted by molar-refractivity contribution is 5.82. The van der Waals surface area contributed by atoms with Gasteiger partial charge in [-0.05, 0) is 23.8 Å². The maximum Gasteiger partial charge on any atom is 0.322 e. The molecule has 0 aliphatic carbocycles. The van der Waals surface area contributed by atoms with E-state index in [9.17, 15) is 4.79 Å². The summed E-state index contributed by atoms with van der Waals surface area (Å²) < 4.78 is 20.8. The van der Waals surface area contributed by atoms with Gasteiger partial charge in [0.25, 0.3) is 5.95 Å². The number of benzene rings is 1. The molecule has 0 saturated carbocycles. The van der Waals surface area contributed by atoms with Crippen molar-refractivity contribution in [3.8, 4) is 17.5 Å². The Bertz CT molecular complexity index is 885. The molecule has 29 heavy (non-hydrogen) atoms. The highest BCUT2D eigenvalue weighted by Crippen LogP contribution is 2.27. The number of hydrazone groups is 1. The van der Waals surface area contributed by atoms with Crippen molar-refractivity contribution >= 4 is 24.1 Å². The molecule has 0 radical (unpaired) electrons. The lowest BCUT2D eigenvalue weighted by Gasteiger charge is -2.26. The minimum atomic E-state index is -0.425. The minimum Gasteiger partial charge on any atom is -0.493 e. The van der Waals surface area contributed by atoms with Crippen LogP contribution in [0.25, 0.3) is 0 Å². The number of carbonyl (C=O) groups excluding carboxylic acids is 1. The van der Waals surface area contributed by atoms with Crippen LogP contribution < -0.4 is 24.5 Å². The first-order chi connectivity index (χ1) is 14.1. The van der Waals surface area contributed by atoms with E-state index in [0.29, 0.717) is 43.8 Å². The number of nitrogens with one attached hydrogen (secondary N) is 1. The number of rotatable bonds is 7. The van der Waals surface area contributed by atoms with Gasteiger partial charge in [0.05, 0.1) is 33.6 Å². The molecule has 0 atom stereocenters. The van der Waals surface area contributed by atoms with Gasteiger partial charge in [0.2, 0.25) is 5.95 Å². The van der Waals surface area contributed by atoms with E-state index in [4.69, 9.17) is 18.9 Å². The Balaban J connectivity index is 1.73. The zero-order chi connectivity index (χ0) is 20.6. The molecule has 0 unspecified atom stereocenters. The summed E-state index contributed by atoms with van der Waals surface area (Å²) in [6.45, 7) is 3.92. The van der Waals surface area contributed by atoms with Crippen LogP contribution in [0, 0.1) is 0 Å². The molecule has 1 saturated heterocycles. The van der Waals surface area contributed by atoms with Crippen LogP contribution in [0.2, 0.25) is 0 Å². The second kappa shape index (κ2) is 9.64. The molecule has 3 rings (SSSR count). The standard InChI is InChI=1S/C18H22N6O5/c1-12(25)29-14-5-4-13(10-15(14)26-2)11-19-23-16-20-17(22-18(21-16)27-3)24-6-8-28-9-7-24/h4-5,10-11H,6-9H2,1-3H3,(H,20,21,22,23)/b19-11+. The number of ether oxygens (including phenoxy) is 4. The molecular weight excluding hydrogens is 380 g/mol. The third-order valence-corrected chi connectivity index (χ3v) is 3.90. The molecule has 11 heteroatoms. The van der Waals surface area contributed by atoms with E-state index in [1.165, 1.54) is 21.1 Å². The molecule has 0 amide bonds. The smallest absolute Gasteiger partial charge is 0.322 e. The first kappa shape index (κ1) is 20.3. The van der Waals surface area contributed by atoms with Crippen molar-refractivity contribution < 1.29 is 23.7 Å². The molecule has 1 N–H and O–H groups in total. The number of morpholine rings is 1. The fraction of sp³-hybridized carbons (Fsp3) is 0.389. The van der Waals surface area contributed by atoms with Gasteiger partial charge in [0.15, 0.2) is 11.5 Å². The highest BCUT2D eigenvalue weighted by atomic mass is 16.6. The van der Waals surface area contributed by atoms with E-state index in [1.807, 2.05) is 4.90 Å². The van der Waals surface area contributed by atoms with E-state index in [0.717, 1.165) is 5.56 Å². The predicted molar refractivity (Wildman–Crippen MR) is 105 cm³/mol. The topological polar surface area (TPSA) is 120 Å². The quantitative estimate of drug-likeness (QED) is 0.312. The number of aromatic nitrogens is 3. The molecule has 1 aliphatic heterocycles. The number of hydrogen-bond donors (Lipinski definition) is 1. The van der Waals surface area contributed by atoms with Crippen molar-refractivity contribution in [3.63, 3.8) is 0 Å². The van der Waals surface area contributed by atoms with Gasteiger partial charge in [-0.25, -0.2) is 5.43 Å². The van der Waals surface area contributed by atoms with E-state index < -0.39 is 5.97 Å². The van der Waals surface area contributed by atoms with Crippen molar-refractivity contribution in [3.05, 3.63) is 23.8 Å². The zero-order valence-corrected chi connectivity index (χ0v) is 16.4. The number of anilines is 2. The lowest BCUT2D eigenvalue weighted by molar-refractivity contribution is -0.132. The van der Waals surface area contributed by atoms with Crippen LogP contribution in [0.4, 0.5) is 11.9 Å². The first-order valence-electron chi connectivity index (χ1n) is 8.87. The third-order valence-electron chi connectivity index (χ3n) is 3.90. The maximum atomic E-state index is 11.1. The summed E-state index contributed by atoms with van der Waals surface area (Å²) >= 11 is 0. The number of esters is 1. The van der Waals surface area contributed by atoms with Crippen LogP contribution in [0.15, 0.2) is 23.3 Å². The van der Waals surface area contributed by atoms with Gasteiger partial charge < -0.3 is 23.8 Å². The van der Waals surface area contributed by atoms with Gasteiger partial charge in [-0.15, -0.1) is 0 Å².